The van der Waals surface area contributed by atoms with Crippen LogP contribution in [0, 0.1) is 0 Å². The van der Waals surface area contributed by atoms with E-state index in [9.17, 15) is 4.79 Å². The fourth-order valence-corrected chi connectivity index (χ4v) is 2.64. The van der Waals surface area contributed by atoms with Gasteiger partial charge >= 0.3 is 0 Å². The van der Waals surface area contributed by atoms with Crippen LogP contribution >= 0.6 is 22.9 Å². The number of hydrogen-bond donors (Lipinski definition) is 1. The van der Waals surface area contributed by atoms with Gasteiger partial charge in [-0.05, 0) is 17.0 Å². The highest BCUT2D eigenvalue weighted by atomic mass is 35.5. The first-order valence-electron chi connectivity index (χ1n) is 4.11. The van der Waals surface area contributed by atoms with Crippen molar-refractivity contribution < 1.29 is 4.79 Å². The first-order chi connectivity index (χ1) is 6.10. The van der Waals surface area contributed by atoms with Gasteiger partial charge in [0.05, 0.1) is 4.34 Å². The monoisotopic (exact) mass is 215 g/mol. The van der Waals surface area contributed by atoms with E-state index in [-0.39, 0.29) is 11.3 Å². The Morgan fingerprint density at radius 1 is 1.69 bits per heavy atom. The molecule has 0 aliphatic carbocycles. The zero-order valence-electron chi connectivity index (χ0n) is 7.26. The van der Waals surface area contributed by atoms with Crippen LogP contribution in [0.25, 0.3) is 0 Å². The van der Waals surface area contributed by atoms with Gasteiger partial charge in [0.15, 0.2) is 0 Å². The van der Waals surface area contributed by atoms with Crippen molar-refractivity contribution in [2.75, 3.05) is 6.54 Å². The van der Waals surface area contributed by atoms with E-state index in [2.05, 4.69) is 12.2 Å². The van der Waals surface area contributed by atoms with Gasteiger partial charge in [-0.1, -0.05) is 18.5 Å². The van der Waals surface area contributed by atoms with E-state index >= 15 is 0 Å². The topological polar surface area (TPSA) is 29.1 Å². The fourth-order valence-electron chi connectivity index (χ4n) is 1.60. The summed E-state index contributed by atoms with van der Waals surface area (Å²) in [5.74, 6) is 0.129. The Kier molecular flexibility index (Phi) is 2.08. The molecule has 0 aromatic carbocycles. The smallest absolute Gasteiger partial charge is 0.220 e. The molecule has 1 amide bonds. The number of nitrogens with one attached hydrogen (secondary N) is 1. The molecule has 1 saturated heterocycles. The molecule has 1 unspecified atom stereocenters. The van der Waals surface area contributed by atoms with Gasteiger partial charge < -0.3 is 5.32 Å². The molecule has 0 radical (unpaired) electrons. The molecule has 1 fully saturated rings. The molecule has 70 valence electrons. The lowest BCUT2D eigenvalue weighted by Gasteiger charge is -2.19. The molecule has 1 aromatic rings. The Morgan fingerprint density at radius 2 is 2.46 bits per heavy atom. The largest absolute Gasteiger partial charge is 0.355 e. The molecule has 2 heterocycles. The third-order valence-electron chi connectivity index (χ3n) is 2.49. The standard InChI is InChI=1S/C9H10ClNOS/c1-9(3-8(12)11-5-9)6-2-7(10)13-4-6/h2,4H,3,5H2,1H3,(H,11,12). The molecule has 1 aliphatic heterocycles. The summed E-state index contributed by atoms with van der Waals surface area (Å²) < 4.78 is 0.788. The van der Waals surface area contributed by atoms with Gasteiger partial charge in [-0.15, -0.1) is 11.3 Å². The number of carbonyl (C=O) groups is 1. The van der Waals surface area contributed by atoms with Gasteiger partial charge in [-0.25, -0.2) is 0 Å². The van der Waals surface area contributed by atoms with Crippen LogP contribution in [0.4, 0.5) is 0 Å². The van der Waals surface area contributed by atoms with Crippen molar-refractivity contribution in [2.24, 2.45) is 0 Å². The molecule has 13 heavy (non-hydrogen) atoms. The predicted molar refractivity (Wildman–Crippen MR) is 54.3 cm³/mol. The van der Waals surface area contributed by atoms with Gasteiger partial charge in [0.1, 0.15) is 0 Å². The molecule has 2 rings (SSSR count). The summed E-state index contributed by atoms with van der Waals surface area (Å²) in [5, 5.41) is 4.87. The zero-order chi connectivity index (χ0) is 9.47. The van der Waals surface area contributed by atoms with E-state index in [1.165, 1.54) is 16.9 Å². The molecule has 1 N–H and O–H groups in total. The van der Waals surface area contributed by atoms with E-state index in [1.807, 2.05) is 11.4 Å². The summed E-state index contributed by atoms with van der Waals surface area (Å²) >= 11 is 7.37. The number of carbonyl (C=O) groups excluding carboxylic acids is 1. The minimum Gasteiger partial charge on any atom is -0.355 e. The van der Waals surface area contributed by atoms with Crippen molar-refractivity contribution in [3.63, 3.8) is 0 Å². The summed E-state index contributed by atoms with van der Waals surface area (Å²) in [6.45, 7) is 2.81. The highest BCUT2D eigenvalue weighted by Gasteiger charge is 2.35. The second-order valence-corrected chi connectivity index (χ2v) is 5.20. The Labute approximate surface area is 85.9 Å². The van der Waals surface area contributed by atoms with Crippen molar-refractivity contribution in [1.82, 2.24) is 5.32 Å². The van der Waals surface area contributed by atoms with Crippen LogP contribution in [0.3, 0.4) is 0 Å². The van der Waals surface area contributed by atoms with Gasteiger partial charge in [-0.3, -0.25) is 4.79 Å². The van der Waals surface area contributed by atoms with Crippen LogP contribution in [0.2, 0.25) is 4.34 Å². The minimum atomic E-state index is -0.0548. The third kappa shape index (κ3) is 1.58. The number of halogens is 1. The molecule has 0 bridgehead atoms. The van der Waals surface area contributed by atoms with Crippen molar-refractivity contribution in [3.05, 3.63) is 21.3 Å². The number of amides is 1. The van der Waals surface area contributed by atoms with E-state index in [0.717, 1.165) is 10.9 Å². The maximum atomic E-state index is 11.1. The molecule has 1 aromatic heterocycles. The van der Waals surface area contributed by atoms with Crippen LogP contribution in [0.15, 0.2) is 11.4 Å². The summed E-state index contributed by atoms with van der Waals surface area (Å²) in [4.78, 5) is 11.1. The first kappa shape index (κ1) is 9.03. The van der Waals surface area contributed by atoms with Crippen molar-refractivity contribution >= 4 is 28.8 Å². The van der Waals surface area contributed by atoms with Gasteiger partial charge in [-0.2, -0.15) is 0 Å². The fraction of sp³-hybridized carbons (Fsp3) is 0.444. The second kappa shape index (κ2) is 3.00. The summed E-state index contributed by atoms with van der Waals surface area (Å²) in [6, 6.07) is 1.95. The average molecular weight is 216 g/mol. The van der Waals surface area contributed by atoms with E-state index < -0.39 is 0 Å². The van der Waals surface area contributed by atoms with E-state index in [1.54, 1.807) is 0 Å². The minimum absolute atomic E-state index is 0.0548. The summed E-state index contributed by atoms with van der Waals surface area (Å²) in [7, 11) is 0. The van der Waals surface area contributed by atoms with Crippen LogP contribution in [0.1, 0.15) is 18.9 Å². The van der Waals surface area contributed by atoms with Gasteiger partial charge in [0.2, 0.25) is 5.91 Å². The number of rotatable bonds is 1. The highest BCUT2D eigenvalue weighted by molar-refractivity contribution is 7.14. The molecular weight excluding hydrogens is 206 g/mol. The first-order valence-corrected chi connectivity index (χ1v) is 5.37. The zero-order valence-corrected chi connectivity index (χ0v) is 8.84. The summed E-state index contributed by atoms with van der Waals surface area (Å²) in [5.41, 5.74) is 1.11. The predicted octanol–water partition coefficient (Wildman–Crippen LogP) is 2.18. The Morgan fingerprint density at radius 3 is 2.92 bits per heavy atom. The molecule has 1 atom stereocenters. The van der Waals surface area contributed by atoms with Crippen LogP contribution < -0.4 is 5.32 Å². The maximum absolute atomic E-state index is 11.1. The van der Waals surface area contributed by atoms with E-state index in [0.29, 0.717) is 6.42 Å². The molecule has 1 aliphatic rings. The third-order valence-corrected chi connectivity index (χ3v) is 3.58. The second-order valence-electron chi connectivity index (χ2n) is 3.65. The van der Waals surface area contributed by atoms with Crippen LogP contribution in [0.5, 0.6) is 0 Å². The number of thiophene rings is 1. The highest BCUT2D eigenvalue weighted by Crippen LogP contribution is 2.34. The van der Waals surface area contributed by atoms with Crippen molar-refractivity contribution in [3.8, 4) is 0 Å². The molecule has 2 nitrogen and oxygen atoms in total. The van der Waals surface area contributed by atoms with Crippen molar-refractivity contribution in [1.29, 1.82) is 0 Å². The Balaban J connectivity index is 2.30. The Hall–Kier alpha value is -0.540. The van der Waals surface area contributed by atoms with Crippen molar-refractivity contribution in [2.45, 2.75) is 18.8 Å². The number of hydrogen-bond acceptors (Lipinski definition) is 2. The lowest BCUT2D eigenvalue weighted by atomic mass is 9.83. The quantitative estimate of drug-likeness (QED) is 0.765. The normalized spacial score (nSPS) is 27.7. The van der Waals surface area contributed by atoms with Gasteiger partial charge in [0, 0.05) is 18.4 Å². The average Bonchev–Trinajstić information content (AvgIpc) is 2.60. The Bertz CT molecular complexity index is 349. The maximum Gasteiger partial charge on any atom is 0.220 e. The molecule has 0 spiro atoms. The lowest BCUT2D eigenvalue weighted by molar-refractivity contribution is -0.119. The lowest BCUT2D eigenvalue weighted by Crippen LogP contribution is -2.24. The molecular formula is C9H10ClNOS. The molecule has 4 heteroatoms. The molecule has 0 saturated carbocycles. The van der Waals surface area contributed by atoms with Crippen LogP contribution in [-0.2, 0) is 10.2 Å². The van der Waals surface area contributed by atoms with Crippen LogP contribution in [-0.4, -0.2) is 12.5 Å². The van der Waals surface area contributed by atoms with Gasteiger partial charge in [0.25, 0.3) is 0 Å². The summed E-state index contributed by atoms with van der Waals surface area (Å²) in [6.07, 6.45) is 0.570. The SMILES string of the molecule is CC1(c2csc(Cl)c2)CNC(=O)C1. The van der Waals surface area contributed by atoms with E-state index in [4.69, 9.17) is 11.6 Å².